The van der Waals surface area contributed by atoms with Gasteiger partial charge < -0.3 is 25.0 Å². The van der Waals surface area contributed by atoms with E-state index in [1.165, 1.54) is 5.56 Å². The predicted molar refractivity (Wildman–Crippen MR) is 101 cm³/mol. The van der Waals surface area contributed by atoms with Crippen molar-refractivity contribution >= 4 is 23.3 Å². The third-order valence-corrected chi connectivity index (χ3v) is 4.89. The van der Waals surface area contributed by atoms with Gasteiger partial charge in [-0.1, -0.05) is 6.07 Å². The summed E-state index contributed by atoms with van der Waals surface area (Å²) in [4.78, 5) is 26.4. The molecule has 1 saturated heterocycles. The third kappa shape index (κ3) is 3.53. The lowest BCUT2D eigenvalue weighted by Gasteiger charge is -2.18. The number of rotatable bonds is 3. The highest BCUT2D eigenvalue weighted by atomic mass is 16.7. The largest absolute Gasteiger partial charge is 0.454 e. The topological polar surface area (TPSA) is 79.9 Å². The molecule has 0 bridgehead atoms. The lowest BCUT2D eigenvalue weighted by atomic mass is 10.1. The highest BCUT2D eigenvalue weighted by Crippen LogP contribution is 2.34. The van der Waals surface area contributed by atoms with Crippen LogP contribution in [0.4, 0.5) is 16.2 Å². The number of anilines is 2. The second kappa shape index (κ2) is 6.83. The minimum atomic E-state index is -0.353. The summed E-state index contributed by atoms with van der Waals surface area (Å²) >= 11 is 0. The third-order valence-electron chi connectivity index (χ3n) is 4.89. The summed E-state index contributed by atoms with van der Waals surface area (Å²) in [6.45, 7) is 4.70. The van der Waals surface area contributed by atoms with Crippen LogP contribution >= 0.6 is 0 Å². The number of ether oxygens (including phenoxy) is 2. The Balaban J connectivity index is 1.38. The lowest BCUT2D eigenvalue weighted by Crippen LogP contribution is -2.39. The molecule has 1 atom stereocenters. The van der Waals surface area contributed by atoms with Crippen LogP contribution in [0.25, 0.3) is 0 Å². The first-order valence-electron chi connectivity index (χ1n) is 8.84. The maximum absolute atomic E-state index is 12.4. The predicted octanol–water partition coefficient (Wildman–Crippen LogP) is 2.96. The van der Waals surface area contributed by atoms with Crippen molar-refractivity contribution in [3.8, 4) is 11.5 Å². The smallest absolute Gasteiger partial charge is 0.319 e. The molecule has 3 amide bonds. The number of fused-ring (bicyclic) bond motifs is 1. The van der Waals surface area contributed by atoms with Crippen LogP contribution in [-0.4, -0.2) is 31.3 Å². The number of hydrogen-bond acceptors (Lipinski definition) is 4. The van der Waals surface area contributed by atoms with E-state index in [1.54, 1.807) is 23.1 Å². The van der Waals surface area contributed by atoms with E-state index < -0.39 is 0 Å². The standard InChI is InChI=1S/C20H21N3O4/c1-12-3-5-16(7-13(12)2)23-10-15(9-19(23)24)22-20(25)21-14-4-6-17-18(8-14)27-11-26-17/h3-8,15H,9-11H2,1-2H3,(H2,21,22,25)/t15-/m0/s1. The van der Waals surface area contributed by atoms with Crippen LogP contribution in [0.5, 0.6) is 11.5 Å². The number of carbonyl (C=O) groups excluding carboxylic acids is 2. The Bertz CT molecular complexity index is 912. The molecule has 7 heteroatoms. The van der Waals surface area contributed by atoms with Crippen molar-refractivity contribution in [2.45, 2.75) is 26.3 Å². The number of aryl methyl sites for hydroxylation is 2. The van der Waals surface area contributed by atoms with Gasteiger partial charge in [0.15, 0.2) is 11.5 Å². The zero-order valence-electron chi connectivity index (χ0n) is 15.2. The zero-order valence-corrected chi connectivity index (χ0v) is 15.2. The Kier molecular flexibility index (Phi) is 4.35. The Morgan fingerprint density at radius 2 is 1.89 bits per heavy atom. The van der Waals surface area contributed by atoms with E-state index in [0.29, 0.717) is 23.7 Å². The van der Waals surface area contributed by atoms with Crippen molar-refractivity contribution in [3.63, 3.8) is 0 Å². The Morgan fingerprint density at radius 3 is 2.70 bits per heavy atom. The molecule has 27 heavy (non-hydrogen) atoms. The fourth-order valence-corrected chi connectivity index (χ4v) is 3.27. The number of amides is 3. The quantitative estimate of drug-likeness (QED) is 0.874. The Labute approximate surface area is 157 Å². The van der Waals surface area contributed by atoms with Crippen LogP contribution in [-0.2, 0) is 4.79 Å². The molecule has 0 aliphatic carbocycles. The van der Waals surface area contributed by atoms with Gasteiger partial charge in [0.2, 0.25) is 12.7 Å². The van der Waals surface area contributed by atoms with Gasteiger partial charge in [-0.2, -0.15) is 0 Å². The van der Waals surface area contributed by atoms with Gasteiger partial charge in [-0.05, 0) is 49.2 Å². The molecule has 2 aliphatic heterocycles. The molecule has 0 aromatic heterocycles. The molecule has 4 rings (SSSR count). The van der Waals surface area contributed by atoms with Gasteiger partial charge in [0.1, 0.15) is 0 Å². The molecule has 0 saturated carbocycles. The van der Waals surface area contributed by atoms with Crippen molar-refractivity contribution in [2.75, 3.05) is 23.6 Å². The molecule has 0 spiro atoms. The summed E-state index contributed by atoms with van der Waals surface area (Å²) in [6.07, 6.45) is 0.279. The number of urea groups is 1. The summed E-state index contributed by atoms with van der Waals surface area (Å²) in [7, 11) is 0. The summed E-state index contributed by atoms with van der Waals surface area (Å²) in [5, 5.41) is 5.64. The minimum Gasteiger partial charge on any atom is -0.454 e. The van der Waals surface area contributed by atoms with E-state index in [0.717, 1.165) is 11.3 Å². The molecule has 140 valence electrons. The summed E-state index contributed by atoms with van der Waals surface area (Å²) in [6, 6.07) is 10.6. The molecule has 2 aromatic carbocycles. The number of carbonyl (C=O) groups is 2. The maximum Gasteiger partial charge on any atom is 0.319 e. The number of nitrogens with one attached hydrogen (secondary N) is 2. The Morgan fingerprint density at radius 1 is 1.07 bits per heavy atom. The lowest BCUT2D eigenvalue weighted by molar-refractivity contribution is -0.117. The average molecular weight is 367 g/mol. The normalized spacial score (nSPS) is 17.9. The molecule has 2 aromatic rings. The van der Waals surface area contributed by atoms with Crippen molar-refractivity contribution < 1.29 is 19.1 Å². The van der Waals surface area contributed by atoms with Crippen LogP contribution in [0, 0.1) is 13.8 Å². The fraction of sp³-hybridized carbons (Fsp3) is 0.300. The first-order valence-corrected chi connectivity index (χ1v) is 8.84. The van der Waals surface area contributed by atoms with Crippen LogP contribution in [0.2, 0.25) is 0 Å². The maximum atomic E-state index is 12.4. The van der Waals surface area contributed by atoms with Gasteiger partial charge in [0.05, 0.1) is 6.04 Å². The highest BCUT2D eigenvalue weighted by Gasteiger charge is 2.31. The molecule has 7 nitrogen and oxygen atoms in total. The molecule has 0 radical (unpaired) electrons. The molecule has 2 N–H and O–H groups in total. The first-order chi connectivity index (χ1) is 13.0. The van der Waals surface area contributed by atoms with Gasteiger partial charge in [-0.3, -0.25) is 4.79 Å². The van der Waals surface area contributed by atoms with Crippen LogP contribution < -0.4 is 25.0 Å². The second-order valence-corrected chi connectivity index (χ2v) is 6.84. The fourth-order valence-electron chi connectivity index (χ4n) is 3.27. The van der Waals surface area contributed by atoms with Crippen molar-refractivity contribution in [1.29, 1.82) is 0 Å². The Hall–Kier alpha value is -3.22. The monoisotopic (exact) mass is 367 g/mol. The SMILES string of the molecule is Cc1ccc(N2C[C@@H](NC(=O)Nc3ccc4c(c3)OCO4)CC2=O)cc1C. The number of nitrogens with zero attached hydrogens (tertiary/aromatic N) is 1. The average Bonchev–Trinajstić information content (AvgIpc) is 3.23. The molecule has 1 fully saturated rings. The second-order valence-electron chi connectivity index (χ2n) is 6.84. The molecule has 0 unspecified atom stereocenters. The highest BCUT2D eigenvalue weighted by molar-refractivity contribution is 5.97. The van der Waals surface area contributed by atoms with Crippen LogP contribution in [0.15, 0.2) is 36.4 Å². The number of hydrogen-bond donors (Lipinski definition) is 2. The van der Waals surface area contributed by atoms with Crippen molar-refractivity contribution in [2.24, 2.45) is 0 Å². The molecular weight excluding hydrogens is 346 g/mol. The van der Waals surface area contributed by atoms with Crippen molar-refractivity contribution in [1.82, 2.24) is 5.32 Å². The van der Waals surface area contributed by atoms with Gasteiger partial charge >= 0.3 is 6.03 Å². The van der Waals surface area contributed by atoms with Crippen molar-refractivity contribution in [3.05, 3.63) is 47.5 Å². The summed E-state index contributed by atoms with van der Waals surface area (Å²) < 4.78 is 10.6. The van der Waals surface area contributed by atoms with Gasteiger partial charge in [-0.25, -0.2) is 4.79 Å². The summed E-state index contributed by atoms with van der Waals surface area (Å²) in [5.74, 6) is 1.27. The van der Waals surface area contributed by atoms with E-state index in [4.69, 9.17) is 9.47 Å². The minimum absolute atomic E-state index is 0.00614. The number of benzene rings is 2. The van der Waals surface area contributed by atoms with Crippen LogP contribution in [0.3, 0.4) is 0 Å². The molecule has 2 heterocycles. The molecule has 2 aliphatic rings. The van der Waals surface area contributed by atoms with Gasteiger partial charge in [0, 0.05) is 30.4 Å². The zero-order chi connectivity index (χ0) is 19.0. The first kappa shape index (κ1) is 17.2. The van der Waals surface area contributed by atoms with E-state index in [9.17, 15) is 9.59 Å². The van der Waals surface area contributed by atoms with E-state index in [-0.39, 0.29) is 31.2 Å². The van der Waals surface area contributed by atoms with E-state index in [1.807, 2.05) is 32.0 Å². The van der Waals surface area contributed by atoms with E-state index >= 15 is 0 Å². The van der Waals surface area contributed by atoms with Gasteiger partial charge in [0.25, 0.3) is 0 Å². The molecular formula is C20H21N3O4. The van der Waals surface area contributed by atoms with Crippen LogP contribution in [0.1, 0.15) is 17.5 Å². The van der Waals surface area contributed by atoms with E-state index in [2.05, 4.69) is 10.6 Å². The summed E-state index contributed by atoms with van der Waals surface area (Å²) in [5.41, 5.74) is 3.79. The van der Waals surface area contributed by atoms with Gasteiger partial charge in [-0.15, -0.1) is 0 Å².